The summed E-state index contributed by atoms with van der Waals surface area (Å²) in [5.41, 5.74) is -1.82. The number of carbonyl (C=O) groups excluding carboxylic acids is 2. The van der Waals surface area contributed by atoms with Gasteiger partial charge in [0, 0.05) is 24.8 Å². The van der Waals surface area contributed by atoms with Crippen LogP contribution in [0, 0.1) is 18.7 Å². The first-order chi connectivity index (χ1) is 21.3. The molecule has 4 aromatic rings. The van der Waals surface area contributed by atoms with Gasteiger partial charge in [0.25, 0.3) is 5.56 Å². The SMILES string of the molecule is COc1ccc(F)cc1[C@H](Cn1c(=O)n(C(C)(C)C(=O)CC(C)C)c(=O)c2c(C)c(-c3ncco3)sc21)OC1CCC(=O)CC1. The molecule has 1 aliphatic rings. The molecule has 3 aromatic heterocycles. The lowest BCUT2D eigenvalue weighted by Gasteiger charge is -2.30. The van der Waals surface area contributed by atoms with E-state index in [2.05, 4.69) is 4.98 Å². The Labute approximate surface area is 263 Å². The summed E-state index contributed by atoms with van der Waals surface area (Å²) >= 11 is 1.17. The third kappa shape index (κ3) is 6.30. The van der Waals surface area contributed by atoms with Crippen LogP contribution in [0.2, 0.25) is 0 Å². The zero-order valence-electron chi connectivity index (χ0n) is 26.3. The van der Waals surface area contributed by atoms with Gasteiger partial charge in [-0.2, -0.15) is 0 Å². The summed E-state index contributed by atoms with van der Waals surface area (Å²) < 4.78 is 34.8. The van der Waals surface area contributed by atoms with E-state index < -0.39 is 28.7 Å². The van der Waals surface area contributed by atoms with Crippen molar-refractivity contribution in [3.05, 3.63) is 68.4 Å². The maximum absolute atomic E-state index is 14.7. The molecule has 3 heterocycles. The summed E-state index contributed by atoms with van der Waals surface area (Å²) in [4.78, 5) is 59.4. The normalized spacial score (nSPS) is 15.2. The van der Waals surface area contributed by atoms with Gasteiger partial charge in [-0.15, -0.1) is 11.3 Å². The van der Waals surface area contributed by atoms with Crippen molar-refractivity contribution in [2.24, 2.45) is 5.92 Å². The Hall–Kier alpha value is -3.90. The van der Waals surface area contributed by atoms with Gasteiger partial charge in [0.05, 0.1) is 36.2 Å². The van der Waals surface area contributed by atoms with Gasteiger partial charge in [-0.05, 0) is 63.3 Å². The van der Waals surface area contributed by atoms with Crippen LogP contribution in [0.5, 0.6) is 5.75 Å². The monoisotopic (exact) mass is 639 g/mol. The molecule has 1 aromatic carbocycles. The number of carbonyl (C=O) groups is 2. The van der Waals surface area contributed by atoms with Crippen molar-refractivity contribution in [1.82, 2.24) is 14.1 Å². The molecular weight excluding hydrogens is 601 g/mol. The first-order valence-corrected chi connectivity index (χ1v) is 15.9. The van der Waals surface area contributed by atoms with Crippen molar-refractivity contribution in [3.63, 3.8) is 0 Å². The molecule has 0 aliphatic heterocycles. The minimum absolute atomic E-state index is 0.0125. The highest BCUT2D eigenvalue weighted by Crippen LogP contribution is 2.38. The van der Waals surface area contributed by atoms with Gasteiger partial charge in [0.1, 0.15) is 40.1 Å². The highest BCUT2D eigenvalue weighted by Gasteiger charge is 2.36. The predicted molar refractivity (Wildman–Crippen MR) is 168 cm³/mol. The van der Waals surface area contributed by atoms with E-state index in [1.54, 1.807) is 20.8 Å². The molecule has 0 saturated heterocycles. The number of rotatable bonds is 11. The molecule has 0 N–H and O–H groups in total. The number of nitrogens with zero attached hydrogens (tertiary/aromatic N) is 3. The van der Waals surface area contributed by atoms with Gasteiger partial charge >= 0.3 is 5.69 Å². The number of fused-ring (bicyclic) bond motifs is 1. The van der Waals surface area contributed by atoms with Crippen LogP contribution in [-0.4, -0.2) is 38.9 Å². The lowest BCUT2D eigenvalue weighted by atomic mass is 9.91. The molecule has 1 aliphatic carbocycles. The minimum atomic E-state index is -1.47. The zero-order chi connectivity index (χ0) is 32.6. The second-order valence-electron chi connectivity index (χ2n) is 12.4. The Morgan fingerprint density at radius 1 is 1.20 bits per heavy atom. The zero-order valence-corrected chi connectivity index (χ0v) is 27.2. The standard InChI is InChI=1S/C33H38FN3O7S/c1-18(2)15-26(39)33(4,5)37-30(40)27-19(3)28(29-35-13-14-43-29)45-31(27)36(32(37)41)17-25(44-22-10-8-21(38)9-11-22)23-16-20(34)7-12-24(23)42-6/h7,12-14,16,18,22,25H,8-11,15,17H2,1-6H3/t25-/m0/s1. The molecule has 5 rings (SSSR count). The fourth-order valence-corrected chi connectivity index (χ4v) is 7.15. The number of benzene rings is 1. The van der Waals surface area contributed by atoms with E-state index in [-0.39, 0.29) is 41.9 Å². The molecule has 45 heavy (non-hydrogen) atoms. The van der Waals surface area contributed by atoms with E-state index in [4.69, 9.17) is 13.9 Å². The number of halogens is 1. The maximum atomic E-state index is 14.7. The van der Waals surface area contributed by atoms with Crippen LogP contribution in [0.4, 0.5) is 4.39 Å². The molecule has 12 heteroatoms. The summed E-state index contributed by atoms with van der Waals surface area (Å²) in [6.45, 7) is 8.59. The Morgan fingerprint density at radius 3 is 2.53 bits per heavy atom. The summed E-state index contributed by atoms with van der Waals surface area (Å²) in [6.07, 6.45) is 3.57. The van der Waals surface area contributed by atoms with Crippen LogP contribution in [0.25, 0.3) is 21.0 Å². The van der Waals surface area contributed by atoms with Crippen molar-refractivity contribution in [3.8, 4) is 16.5 Å². The lowest BCUT2D eigenvalue weighted by molar-refractivity contribution is -0.127. The number of aryl methyl sites for hydroxylation is 1. The van der Waals surface area contributed by atoms with Crippen molar-refractivity contribution in [2.75, 3.05) is 7.11 Å². The summed E-state index contributed by atoms with van der Waals surface area (Å²) in [7, 11) is 1.46. The molecule has 240 valence electrons. The Bertz CT molecular complexity index is 1840. The van der Waals surface area contributed by atoms with Crippen LogP contribution in [0.3, 0.4) is 0 Å². The van der Waals surface area contributed by atoms with E-state index in [1.807, 2.05) is 13.8 Å². The molecule has 0 bridgehead atoms. The summed E-state index contributed by atoms with van der Waals surface area (Å²) in [5.74, 6) is 0.0512. The van der Waals surface area contributed by atoms with Crippen molar-refractivity contribution < 1.29 is 27.9 Å². The van der Waals surface area contributed by atoms with E-state index in [1.165, 1.54) is 53.7 Å². The van der Waals surface area contributed by atoms with E-state index in [0.29, 0.717) is 58.2 Å². The van der Waals surface area contributed by atoms with Gasteiger partial charge in [-0.25, -0.2) is 18.7 Å². The average molecular weight is 640 g/mol. The Balaban J connectivity index is 1.76. The number of Topliss-reactive ketones (excluding diaryl/α,β-unsaturated/α-hetero) is 2. The predicted octanol–water partition coefficient (Wildman–Crippen LogP) is 5.96. The van der Waals surface area contributed by atoms with Crippen molar-refractivity contribution >= 4 is 33.1 Å². The number of thiophene rings is 1. The summed E-state index contributed by atoms with van der Waals surface area (Å²) in [6, 6.07) is 4.08. The van der Waals surface area contributed by atoms with Gasteiger partial charge < -0.3 is 13.9 Å². The Kier molecular flexibility index (Phi) is 9.27. The van der Waals surface area contributed by atoms with Crippen LogP contribution in [0.1, 0.15) is 77.0 Å². The second-order valence-corrected chi connectivity index (χ2v) is 13.4. The van der Waals surface area contributed by atoms with Gasteiger partial charge in [0.2, 0.25) is 5.89 Å². The number of ketones is 2. The van der Waals surface area contributed by atoms with Crippen molar-refractivity contribution in [1.29, 1.82) is 0 Å². The van der Waals surface area contributed by atoms with E-state index in [0.717, 1.165) is 4.57 Å². The quantitative estimate of drug-likeness (QED) is 0.197. The number of aromatic nitrogens is 3. The van der Waals surface area contributed by atoms with Crippen LogP contribution < -0.4 is 16.0 Å². The van der Waals surface area contributed by atoms with E-state index >= 15 is 0 Å². The highest BCUT2D eigenvalue weighted by molar-refractivity contribution is 7.22. The molecule has 0 spiro atoms. The second kappa shape index (κ2) is 12.8. The smallest absolute Gasteiger partial charge is 0.333 e. The first-order valence-electron chi connectivity index (χ1n) is 15.1. The van der Waals surface area contributed by atoms with Crippen molar-refractivity contribution in [2.45, 2.75) is 91.0 Å². The fourth-order valence-electron chi connectivity index (χ4n) is 5.90. The van der Waals surface area contributed by atoms with Crippen LogP contribution in [-0.2, 0) is 26.4 Å². The molecule has 0 radical (unpaired) electrons. The number of hydrogen-bond acceptors (Lipinski definition) is 9. The highest BCUT2D eigenvalue weighted by atomic mass is 32.1. The molecule has 10 nitrogen and oxygen atoms in total. The van der Waals surface area contributed by atoms with E-state index in [9.17, 15) is 23.6 Å². The van der Waals surface area contributed by atoms with Crippen LogP contribution >= 0.6 is 11.3 Å². The molecule has 1 fully saturated rings. The number of ether oxygens (including phenoxy) is 2. The molecule has 0 amide bonds. The lowest BCUT2D eigenvalue weighted by Crippen LogP contribution is -2.53. The van der Waals surface area contributed by atoms with Crippen LogP contribution in [0.15, 0.2) is 44.7 Å². The fraction of sp³-hybridized carbons (Fsp3) is 0.485. The van der Waals surface area contributed by atoms with Gasteiger partial charge in [0.15, 0.2) is 5.78 Å². The minimum Gasteiger partial charge on any atom is -0.496 e. The molecular formula is C33H38FN3O7S. The Morgan fingerprint density at radius 2 is 1.91 bits per heavy atom. The largest absolute Gasteiger partial charge is 0.496 e. The third-order valence-electron chi connectivity index (χ3n) is 8.41. The molecule has 0 unspecified atom stereocenters. The topological polar surface area (TPSA) is 123 Å². The maximum Gasteiger partial charge on any atom is 0.333 e. The number of methoxy groups -OCH3 is 1. The van der Waals surface area contributed by atoms with Gasteiger partial charge in [-0.3, -0.25) is 19.0 Å². The third-order valence-corrected chi connectivity index (χ3v) is 9.71. The molecule has 1 saturated carbocycles. The number of hydrogen-bond donors (Lipinski definition) is 0. The van der Waals surface area contributed by atoms with Gasteiger partial charge in [-0.1, -0.05) is 13.8 Å². The number of oxazole rings is 1. The first kappa shape index (κ1) is 32.5. The molecule has 1 atom stereocenters. The average Bonchev–Trinajstić information content (AvgIpc) is 3.63. The summed E-state index contributed by atoms with van der Waals surface area (Å²) in [5, 5.41) is 0.256.